The number of benzene rings is 3. The molecule has 0 atom stereocenters. The van der Waals surface area contributed by atoms with E-state index >= 15 is 0 Å². The molecule has 0 fully saturated rings. The number of anilines is 2. The molecule has 3 rings (SSSR count). The van der Waals surface area contributed by atoms with Crippen LogP contribution in [-0.2, 0) is 10.0 Å². The molecule has 7 nitrogen and oxygen atoms in total. The van der Waals surface area contributed by atoms with Gasteiger partial charge in [0.1, 0.15) is 0 Å². The summed E-state index contributed by atoms with van der Waals surface area (Å²) in [5, 5.41) is 5.24. The first-order valence-corrected chi connectivity index (χ1v) is 11.0. The number of amides is 2. The molecule has 0 bridgehead atoms. The lowest BCUT2D eigenvalue weighted by Crippen LogP contribution is -2.19. The largest absolute Gasteiger partial charge is 0.355 e. The molecule has 0 spiro atoms. The molecule has 0 heterocycles. The molecule has 3 N–H and O–H groups in total. The first-order valence-electron chi connectivity index (χ1n) is 9.53. The maximum absolute atomic E-state index is 12.8. The Labute approximate surface area is 181 Å². The highest BCUT2D eigenvalue weighted by molar-refractivity contribution is 7.92. The Hall–Kier alpha value is -3.65. The van der Waals surface area contributed by atoms with Gasteiger partial charge in [0.25, 0.3) is 21.8 Å². The predicted octanol–water partition coefficient (Wildman–Crippen LogP) is 3.72. The van der Waals surface area contributed by atoms with Crippen LogP contribution in [0.1, 0.15) is 31.8 Å². The zero-order valence-corrected chi connectivity index (χ0v) is 18.2. The summed E-state index contributed by atoms with van der Waals surface area (Å²) in [5.74, 6) is -0.749. The summed E-state index contributed by atoms with van der Waals surface area (Å²) in [5.41, 5.74) is 3.11. The summed E-state index contributed by atoms with van der Waals surface area (Å²) in [6.45, 7) is 3.63. The van der Waals surface area contributed by atoms with Gasteiger partial charge in [0.15, 0.2) is 0 Å². The molecule has 0 saturated carbocycles. The molecule has 0 aliphatic rings. The van der Waals surface area contributed by atoms with Crippen molar-refractivity contribution in [1.29, 1.82) is 0 Å². The van der Waals surface area contributed by atoms with Gasteiger partial charge in [-0.3, -0.25) is 14.3 Å². The minimum absolute atomic E-state index is 0.0251. The maximum atomic E-state index is 12.8. The molecule has 8 heteroatoms. The van der Waals surface area contributed by atoms with Crippen LogP contribution < -0.4 is 15.4 Å². The number of aryl methyl sites for hydroxylation is 2. The Bertz CT molecular complexity index is 1240. The van der Waals surface area contributed by atoms with Crippen molar-refractivity contribution < 1.29 is 18.0 Å². The molecular formula is C23H23N3O4S. The van der Waals surface area contributed by atoms with Crippen molar-refractivity contribution in [2.75, 3.05) is 17.1 Å². The smallest absolute Gasteiger partial charge is 0.261 e. The first kappa shape index (κ1) is 22.0. The van der Waals surface area contributed by atoms with Gasteiger partial charge in [-0.2, -0.15) is 0 Å². The third kappa shape index (κ3) is 5.29. The zero-order valence-electron chi connectivity index (χ0n) is 17.4. The van der Waals surface area contributed by atoms with Gasteiger partial charge < -0.3 is 10.6 Å². The second kappa shape index (κ2) is 9.01. The summed E-state index contributed by atoms with van der Waals surface area (Å²) in [6, 6.07) is 17.8. The molecule has 0 aliphatic heterocycles. The van der Waals surface area contributed by atoms with Crippen LogP contribution in [-0.4, -0.2) is 27.3 Å². The molecule has 3 aromatic carbocycles. The quantitative estimate of drug-likeness (QED) is 0.547. The summed E-state index contributed by atoms with van der Waals surface area (Å²) in [6.07, 6.45) is 0. The Morgan fingerprint density at radius 3 is 2.19 bits per heavy atom. The molecule has 0 aliphatic carbocycles. The zero-order chi connectivity index (χ0) is 22.6. The minimum atomic E-state index is -3.88. The lowest BCUT2D eigenvalue weighted by Gasteiger charge is -2.12. The van der Waals surface area contributed by atoms with E-state index in [1.165, 1.54) is 19.2 Å². The first-order chi connectivity index (χ1) is 14.7. The third-order valence-corrected chi connectivity index (χ3v) is 6.06. The number of carbonyl (C=O) groups excluding carboxylic acids is 2. The van der Waals surface area contributed by atoms with Gasteiger partial charge in [-0.25, -0.2) is 8.42 Å². The number of hydrogen-bond donors (Lipinski definition) is 3. The second-order valence-corrected chi connectivity index (χ2v) is 8.74. The third-order valence-electron chi connectivity index (χ3n) is 4.68. The highest BCUT2D eigenvalue weighted by atomic mass is 32.2. The molecule has 31 heavy (non-hydrogen) atoms. The van der Waals surface area contributed by atoms with Crippen molar-refractivity contribution in [1.82, 2.24) is 5.32 Å². The van der Waals surface area contributed by atoms with E-state index in [0.717, 1.165) is 5.56 Å². The van der Waals surface area contributed by atoms with Crippen molar-refractivity contribution in [2.45, 2.75) is 18.7 Å². The molecule has 0 saturated heterocycles. The molecule has 0 radical (unpaired) electrons. The number of sulfonamides is 1. The van der Waals surface area contributed by atoms with Gasteiger partial charge in [0.2, 0.25) is 0 Å². The van der Waals surface area contributed by atoms with Crippen molar-refractivity contribution >= 4 is 33.2 Å². The van der Waals surface area contributed by atoms with Crippen LogP contribution in [0.15, 0.2) is 71.6 Å². The molecular weight excluding hydrogens is 414 g/mol. The molecule has 2 amide bonds. The number of carbonyl (C=O) groups is 2. The number of rotatable bonds is 6. The Morgan fingerprint density at radius 1 is 0.806 bits per heavy atom. The molecule has 3 aromatic rings. The van der Waals surface area contributed by atoms with Gasteiger partial charge >= 0.3 is 0 Å². The SMILES string of the molecule is CNC(=O)c1cccc(NC(=O)c2cc(S(=O)(=O)Nc3ccc(C)cc3)ccc2C)c1. The van der Waals surface area contributed by atoms with E-state index in [0.29, 0.717) is 22.5 Å². The fourth-order valence-corrected chi connectivity index (χ4v) is 4.01. The van der Waals surface area contributed by atoms with Crippen molar-refractivity contribution in [3.8, 4) is 0 Å². The summed E-state index contributed by atoms with van der Waals surface area (Å²) in [4.78, 5) is 24.6. The van der Waals surface area contributed by atoms with E-state index in [2.05, 4.69) is 15.4 Å². The van der Waals surface area contributed by atoms with Gasteiger partial charge in [-0.15, -0.1) is 0 Å². The molecule has 0 aromatic heterocycles. The predicted molar refractivity (Wildman–Crippen MR) is 121 cm³/mol. The fourth-order valence-electron chi connectivity index (χ4n) is 2.93. The van der Waals surface area contributed by atoms with Gasteiger partial charge in [0, 0.05) is 29.5 Å². The topological polar surface area (TPSA) is 104 Å². The van der Waals surface area contributed by atoms with E-state index < -0.39 is 15.9 Å². The van der Waals surface area contributed by atoms with Crippen LogP contribution in [0.4, 0.5) is 11.4 Å². The Balaban J connectivity index is 1.86. The lowest BCUT2D eigenvalue weighted by molar-refractivity contribution is 0.0961. The van der Waals surface area contributed by atoms with Crippen LogP contribution >= 0.6 is 0 Å². The highest BCUT2D eigenvalue weighted by Crippen LogP contribution is 2.21. The summed E-state index contributed by atoms with van der Waals surface area (Å²) < 4.78 is 28.1. The number of hydrogen-bond acceptors (Lipinski definition) is 4. The van der Waals surface area contributed by atoms with E-state index in [4.69, 9.17) is 0 Å². The second-order valence-electron chi connectivity index (χ2n) is 7.06. The molecule has 0 unspecified atom stereocenters. The van der Waals surface area contributed by atoms with Crippen LogP contribution in [0.3, 0.4) is 0 Å². The van der Waals surface area contributed by atoms with Crippen LogP contribution in [0.25, 0.3) is 0 Å². The fraction of sp³-hybridized carbons (Fsp3) is 0.130. The van der Waals surface area contributed by atoms with Gasteiger partial charge in [-0.1, -0.05) is 29.8 Å². The van der Waals surface area contributed by atoms with E-state index in [1.54, 1.807) is 61.5 Å². The number of nitrogens with one attached hydrogen (secondary N) is 3. The standard InChI is InChI=1S/C23H23N3O4S/c1-15-7-10-18(11-8-15)26-31(29,30)20-12-9-16(2)21(14-20)23(28)25-19-6-4-5-17(13-19)22(27)24-3/h4-14,26H,1-3H3,(H,24,27)(H,25,28). The molecule has 160 valence electrons. The minimum Gasteiger partial charge on any atom is -0.355 e. The van der Waals surface area contributed by atoms with Crippen LogP contribution in [0.5, 0.6) is 0 Å². The lowest BCUT2D eigenvalue weighted by atomic mass is 10.1. The Kier molecular flexibility index (Phi) is 6.41. The monoisotopic (exact) mass is 437 g/mol. The average molecular weight is 438 g/mol. The average Bonchev–Trinajstić information content (AvgIpc) is 2.75. The summed E-state index contributed by atoms with van der Waals surface area (Å²) >= 11 is 0. The van der Waals surface area contributed by atoms with Crippen molar-refractivity contribution in [3.63, 3.8) is 0 Å². The highest BCUT2D eigenvalue weighted by Gasteiger charge is 2.19. The maximum Gasteiger partial charge on any atom is 0.261 e. The van der Waals surface area contributed by atoms with Crippen LogP contribution in [0, 0.1) is 13.8 Å². The van der Waals surface area contributed by atoms with Crippen molar-refractivity contribution in [3.05, 3.63) is 89.0 Å². The normalized spacial score (nSPS) is 10.9. The van der Waals surface area contributed by atoms with Crippen molar-refractivity contribution in [2.24, 2.45) is 0 Å². The van der Waals surface area contributed by atoms with Crippen LogP contribution in [0.2, 0.25) is 0 Å². The van der Waals surface area contributed by atoms with E-state index in [-0.39, 0.29) is 16.4 Å². The Morgan fingerprint density at radius 2 is 1.52 bits per heavy atom. The van der Waals surface area contributed by atoms with Gasteiger partial charge in [-0.05, 0) is 61.9 Å². The van der Waals surface area contributed by atoms with Gasteiger partial charge in [0.05, 0.1) is 4.90 Å². The summed E-state index contributed by atoms with van der Waals surface area (Å²) in [7, 11) is -2.35. The van der Waals surface area contributed by atoms with E-state index in [1.807, 2.05) is 6.92 Å². The van der Waals surface area contributed by atoms with E-state index in [9.17, 15) is 18.0 Å².